The summed E-state index contributed by atoms with van der Waals surface area (Å²) in [6.45, 7) is 2.45. The number of rotatable bonds is 10. The molecule has 5 rings (SSSR count). The van der Waals surface area contributed by atoms with Crippen LogP contribution < -0.4 is 14.8 Å². The van der Waals surface area contributed by atoms with E-state index in [9.17, 15) is 9.59 Å². The lowest BCUT2D eigenvalue weighted by molar-refractivity contribution is -0.137. The van der Waals surface area contributed by atoms with Crippen LogP contribution in [-0.4, -0.2) is 65.2 Å². The molecule has 216 valence electrons. The second-order valence-electron chi connectivity index (χ2n) is 11.5. The molecule has 1 saturated heterocycles. The van der Waals surface area contributed by atoms with Crippen molar-refractivity contribution < 1.29 is 24.2 Å². The predicted octanol–water partition coefficient (Wildman–Crippen LogP) is 6.43. The van der Waals surface area contributed by atoms with Crippen molar-refractivity contribution in [2.45, 2.75) is 82.5 Å². The van der Waals surface area contributed by atoms with E-state index in [2.05, 4.69) is 30.4 Å². The van der Waals surface area contributed by atoms with Crippen LogP contribution in [0.4, 0.5) is 5.69 Å². The minimum Gasteiger partial charge on any atom is -0.490 e. The van der Waals surface area contributed by atoms with Gasteiger partial charge in [-0.05, 0) is 85.6 Å². The highest BCUT2D eigenvalue weighted by Gasteiger charge is 2.41. The number of hydrogen-bond acceptors (Lipinski definition) is 6. The molecule has 2 heterocycles. The first-order valence-electron chi connectivity index (χ1n) is 14.8. The number of aliphatic carboxylic acids is 1. The average Bonchev–Trinajstić information content (AvgIpc) is 3.30. The third kappa shape index (κ3) is 6.88. The van der Waals surface area contributed by atoms with E-state index in [0.29, 0.717) is 17.6 Å². The summed E-state index contributed by atoms with van der Waals surface area (Å²) < 4.78 is 13.0. The Morgan fingerprint density at radius 1 is 1.07 bits per heavy atom. The molecule has 3 atom stereocenters. The lowest BCUT2D eigenvalue weighted by Crippen LogP contribution is -2.44. The fourth-order valence-electron chi connectivity index (χ4n) is 6.31. The smallest absolute Gasteiger partial charge is 0.305 e. The molecule has 3 aliphatic rings. The van der Waals surface area contributed by atoms with Crippen molar-refractivity contribution in [1.82, 2.24) is 4.90 Å². The fraction of sp³-hybridized carbons (Fsp3) is 0.562. The molecule has 1 amide bonds. The van der Waals surface area contributed by atoms with Crippen molar-refractivity contribution >= 4 is 29.3 Å². The Hall–Kier alpha value is -2.87. The van der Waals surface area contributed by atoms with Gasteiger partial charge in [-0.3, -0.25) is 9.59 Å². The molecular formula is C32H42N2O5S. The van der Waals surface area contributed by atoms with E-state index in [1.165, 1.54) is 54.1 Å². The summed E-state index contributed by atoms with van der Waals surface area (Å²) in [5.41, 5.74) is 2.74. The molecule has 3 unspecified atom stereocenters. The Morgan fingerprint density at radius 3 is 2.50 bits per heavy atom. The molecule has 40 heavy (non-hydrogen) atoms. The predicted molar refractivity (Wildman–Crippen MR) is 160 cm³/mol. The number of carboxylic acids is 1. The molecule has 1 saturated carbocycles. The van der Waals surface area contributed by atoms with Gasteiger partial charge >= 0.3 is 5.97 Å². The number of nitrogens with zero attached hydrogens (tertiary/aromatic N) is 1. The molecule has 0 spiro atoms. The number of amides is 1. The summed E-state index contributed by atoms with van der Waals surface area (Å²) in [5.74, 6) is 3.89. The van der Waals surface area contributed by atoms with Crippen molar-refractivity contribution in [3.05, 3.63) is 53.6 Å². The van der Waals surface area contributed by atoms with Gasteiger partial charge in [0.25, 0.3) is 5.91 Å². The summed E-state index contributed by atoms with van der Waals surface area (Å²) in [6, 6.07) is 14.0. The maximum Gasteiger partial charge on any atom is 0.305 e. The van der Waals surface area contributed by atoms with Crippen LogP contribution in [0.5, 0.6) is 11.5 Å². The van der Waals surface area contributed by atoms with Gasteiger partial charge in [0.15, 0.2) is 0 Å². The van der Waals surface area contributed by atoms with E-state index in [-0.39, 0.29) is 36.9 Å². The summed E-state index contributed by atoms with van der Waals surface area (Å²) in [5, 5.41) is 12.7. The van der Waals surface area contributed by atoms with Crippen LogP contribution in [0.15, 0.2) is 42.5 Å². The number of benzene rings is 2. The Bertz CT molecular complexity index is 1160. The number of carbonyl (C=O) groups is 2. The molecule has 8 heteroatoms. The lowest BCUT2D eigenvalue weighted by Gasteiger charge is -2.36. The highest BCUT2D eigenvalue weighted by molar-refractivity contribution is 7.99. The van der Waals surface area contributed by atoms with Gasteiger partial charge in [0.2, 0.25) is 0 Å². The van der Waals surface area contributed by atoms with E-state index in [0.717, 1.165) is 30.0 Å². The number of fused-ring (bicyclic) bond motifs is 1. The van der Waals surface area contributed by atoms with Gasteiger partial charge in [-0.1, -0.05) is 26.2 Å². The van der Waals surface area contributed by atoms with Crippen LogP contribution in [0.2, 0.25) is 0 Å². The maximum absolute atomic E-state index is 12.8. The van der Waals surface area contributed by atoms with Crippen molar-refractivity contribution in [2.75, 3.05) is 30.4 Å². The summed E-state index contributed by atoms with van der Waals surface area (Å²) in [4.78, 5) is 25.1. The van der Waals surface area contributed by atoms with E-state index in [4.69, 9.17) is 14.6 Å². The molecule has 1 aliphatic carbocycles. The van der Waals surface area contributed by atoms with E-state index in [1.807, 2.05) is 36.0 Å². The monoisotopic (exact) mass is 566 g/mol. The normalized spacial score (nSPS) is 22.1. The Morgan fingerprint density at radius 2 is 1.80 bits per heavy atom. The first-order chi connectivity index (χ1) is 19.4. The topological polar surface area (TPSA) is 88.1 Å². The number of anilines is 1. The van der Waals surface area contributed by atoms with Crippen molar-refractivity contribution in [1.29, 1.82) is 0 Å². The molecule has 0 bridgehead atoms. The maximum atomic E-state index is 12.8. The van der Waals surface area contributed by atoms with Crippen LogP contribution in [0, 0.1) is 5.92 Å². The standard InChI is InChI=1S/C32H42N2O5S/c1-21-27-20-26(38-25-15-18-40-19-16-25)12-13-28(27)39-31(21)30(22-6-4-3-5-7-22)33-24-10-8-23(9-11-24)32(37)34(2)17-14-29(35)36/h8-13,20-22,25,30-31,33H,3-7,14-19H2,1-2H3,(H,35,36). The summed E-state index contributed by atoms with van der Waals surface area (Å²) in [7, 11) is 1.64. The van der Waals surface area contributed by atoms with E-state index < -0.39 is 5.97 Å². The number of thioether (sulfide) groups is 1. The van der Waals surface area contributed by atoms with Crippen LogP contribution >= 0.6 is 11.8 Å². The highest BCUT2D eigenvalue weighted by atomic mass is 32.2. The molecular weight excluding hydrogens is 524 g/mol. The molecule has 2 fully saturated rings. The lowest BCUT2D eigenvalue weighted by atomic mass is 9.78. The Kier molecular flexibility index (Phi) is 9.45. The van der Waals surface area contributed by atoms with Gasteiger partial charge in [0.1, 0.15) is 23.7 Å². The van der Waals surface area contributed by atoms with Gasteiger partial charge in [-0.25, -0.2) is 0 Å². The first-order valence-corrected chi connectivity index (χ1v) is 15.9. The molecule has 2 aliphatic heterocycles. The number of carbonyl (C=O) groups excluding carboxylic acids is 1. The number of carboxylic acid groups (broad SMARTS) is 1. The number of ether oxygens (including phenoxy) is 2. The van der Waals surface area contributed by atoms with Crippen molar-refractivity contribution in [2.24, 2.45) is 5.92 Å². The van der Waals surface area contributed by atoms with E-state index >= 15 is 0 Å². The van der Waals surface area contributed by atoms with Crippen molar-refractivity contribution in [3.63, 3.8) is 0 Å². The molecule has 2 aromatic carbocycles. The number of nitrogens with one attached hydrogen (secondary N) is 1. The SMILES string of the molecule is CC1c2cc(OC3CCSCC3)ccc2OC1C(Nc1ccc(C(=O)N(C)CCC(=O)O)cc1)C1CCCCC1. The second kappa shape index (κ2) is 13.2. The zero-order valence-corrected chi connectivity index (χ0v) is 24.5. The fourth-order valence-corrected chi connectivity index (χ4v) is 7.37. The minimum absolute atomic E-state index is 0.00268. The van der Waals surface area contributed by atoms with Crippen LogP contribution in [-0.2, 0) is 4.79 Å². The van der Waals surface area contributed by atoms with Crippen LogP contribution in [0.1, 0.15) is 80.1 Å². The Labute approximate surface area is 242 Å². The third-order valence-electron chi connectivity index (χ3n) is 8.68. The van der Waals surface area contributed by atoms with Gasteiger partial charge in [0, 0.05) is 36.3 Å². The van der Waals surface area contributed by atoms with Gasteiger partial charge in [-0.2, -0.15) is 11.8 Å². The average molecular weight is 567 g/mol. The van der Waals surface area contributed by atoms with Crippen LogP contribution in [0.3, 0.4) is 0 Å². The Balaban J connectivity index is 1.29. The minimum atomic E-state index is -0.911. The number of hydrogen-bond donors (Lipinski definition) is 2. The molecule has 0 aromatic heterocycles. The molecule has 2 N–H and O–H groups in total. The van der Waals surface area contributed by atoms with E-state index in [1.54, 1.807) is 7.05 Å². The second-order valence-corrected chi connectivity index (χ2v) is 12.7. The van der Waals surface area contributed by atoms with Crippen LogP contribution in [0.25, 0.3) is 0 Å². The van der Waals surface area contributed by atoms with Crippen molar-refractivity contribution in [3.8, 4) is 11.5 Å². The molecule has 2 aromatic rings. The zero-order chi connectivity index (χ0) is 28.1. The van der Waals surface area contributed by atoms with Gasteiger partial charge in [0.05, 0.1) is 12.5 Å². The zero-order valence-electron chi connectivity index (χ0n) is 23.6. The summed E-state index contributed by atoms with van der Waals surface area (Å²) in [6.07, 6.45) is 8.57. The summed E-state index contributed by atoms with van der Waals surface area (Å²) >= 11 is 2.01. The molecule has 0 radical (unpaired) electrons. The van der Waals surface area contributed by atoms with Gasteiger partial charge in [-0.15, -0.1) is 0 Å². The largest absolute Gasteiger partial charge is 0.490 e. The molecule has 7 nitrogen and oxygen atoms in total. The first kappa shape index (κ1) is 28.7. The third-order valence-corrected chi connectivity index (χ3v) is 9.73. The quantitative estimate of drug-likeness (QED) is 0.342. The van der Waals surface area contributed by atoms with Gasteiger partial charge < -0.3 is 24.8 Å². The highest BCUT2D eigenvalue weighted by Crippen LogP contribution is 2.44.